The zero-order valence-electron chi connectivity index (χ0n) is 13.7. The molecule has 9 heteroatoms. The van der Waals surface area contributed by atoms with Crippen molar-refractivity contribution in [2.24, 2.45) is 10.7 Å². The second-order valence-corrected chi connectivity index (χ2v) is 6.50. The molecule has 0 radical (unpaired) electrons. The van der Waals surface area contributed by atoms with Crippen LogP contribution in [-0.4, -0.2) is 34.7 Å². The molecule has 1 aliphatic rings. The van der Waals surface area contributed by atoms with Crippen LogP contribution in [0.3, 0.4) is 0 Å². The van der Waals surface area contributed by atoms with Gasteiger partial charge in [0.1, 0.15) is 10.8 Å². The molecule has 1 atom stereocenters. The highest BCUT2D eigenvalue weighted by atomic mass is 35.5. The van der Waals surface area contributed by atoms with Gasteiger partial charge in [0.2, 0.25) is 5.91 Å². The number of nitrogens with zero attached hydrogens (tertiary/aromatic N) is 3. The van der Waals surface area contributed by atoms with Crippen molar-refractivity contribution in [3.05, 3.63) is 57.8 Å². The van der Waals surface area contributed by atoms with Crippen molar-refractivity contribution in [3.8, 4) is 0 Å². The molecule has 134 valence electrons. The van der Waals surface area contributed by atoms with Gasteiger partial charge in [-0.1, -0.05) is 35.3 Å². The molecule has 26 heavy (non-hydrogen) atoms. The van der Waals surface area contributed by atoms with Crippen LogP contribution in [0.5, 0.6) is 0 Å². The number of halogens is 2. The van der Waals surface area contributed by atoms with E-state index in [1.807, 2.05) is 6.07 Å². The highest BCUT2D eigenvalue weighted by molar-refractivity contribution is 6.35. The summed E-state index contributed by atoms with van der Waals surface area (Å²) in [5.74, 6) is -0.445. The van der Waals surface area contributed by atoms with Crippen LogP contribution in [0, 0.1) is 0 Å². The third-order valence-electron chi connectivity index (χ3n) is 3.93. The molecule has 3 rings (SSSR count). The number of carbonyl (C=O) groups is 2. The smallest absolute Gasteiger partial charge is 0.275 e. The number of hydrogen-bond acceptors (Lipinski definition) is 5. The molecule has 0 saturated heterocycles. The Hall–Kier alpha value is -2.64. The Morgan fingerprint density at radius 2 is 2.08 bits per heavy atom. The molecule has 1 aromatic heterocycles. The molecule has 0 aliphatic carbocycles. The number of guanidine groups is 1. The van der Waals surface area contributed by atoms with Crippen LogP contribution in [0.25, 0.3) is 0 Å². The molecule has 2 aromatic rings. The largest absolute Gasteiger partial charge is 0.369 e. The Morgan fingerprint density at radius 3 is 2.81 bits per heavy atom. The normalized spacial score (nSPS) is 17.0. The first kappa shape index (κ1) is 18.2. The third-order valence-corrected chi connectivity index (χ3v) is 4.45. The van der Waals surface area contributed by atoms with Gasteiger partial charge in [-0.2, -0.15) is 0 Å². The van der Waals surface area contributed by atoms with Crippen molar-refractivity contribution < 1.29 is 9.59 Å². The van der Waals surface area contributed by atoms with Gasteiger partial charge in [0.05, 0.1) is 17.5 Å². The lowest BCUT2D eigenvalue weighted by Crippen LogP contribution is -2.42. The van der Waals surface area contributed by atoms with Gasteiger partial charge >= 0.3 is 0 Å². The third kappa shape index (κ3) is 3.79. The average molecular weight is 392 g/mol. The molecular formula is C17H15Cl2N5O2. The van der Waals surface area contributed by atoms with E-state index < -0.39 is 11.9 Å². The topological polar surface area (TPSA) is 101 Å². The lowest BCUT2D eigenvalue weighted by Gasteiger charge is -2.25. The molecule has 0 spiro atoms. The lowest BCUT2D eigenvalue weighted by atomic mass is 10.0. The Morgan fingerprint density at radius 1 is 1.31 bits per heavy atom. The molecule has 2 amide bonds. The first-order valence-corrected chi connectivity index (χ1v) is 8.44. The molecule has 7 nitrogen and oxygen atoms in total. The number of pyridine rings is 1. The van der Waals surface area contributed by atoms with E-state index >= 15 is 0 Å². The summed E-state index contributed by atoms with van der Waals surface area (Å²) in [4.78, 5) is 33.9. The summed E-state index contributed by atoms with van der Waals surface area (Å²) in [6, 6.07) is 9.63. The minimum absolute atomic E-state index is 0.0290. The van der Waals surface area contributed by atoms with E-state index in [1.165, 1.54) is 17.0 Å². The highest BCUT2D eigenvalue weighted by Gasteiger charge is 2.26. The van der Waals surface area contributed by atoms with Crippen LogP contribution >= 0.6 is 23.2 Å². The lowest BCUT2D eigenvalue weighted by molar-refractivity contribution is -0.127. The number of rotatable bonds is 3. The first-order valence-electron chi connectivity index (χ1n) is 7.68. The maximum absolute atomic E-state index is 12.4. The summed E-state index contributed by atoms with van der Waals surface area (Å²) in [6.45, 7) is 0. The SMILES string of the molecule is CN1C(=O)CC(c2cccc(NC(=O)c3nc(Cl)ccc3Cl)c2)N=C1N. The van der Waals surface area contributed by atoms with Gasteiger partial charge in [-0.15, -0.1) is 0 Å². The van der Waals surface area contributed by atoms with Crippen LogP contribution in [-0.2, 0) is 4.79 Å². The van der Waals surface area contributed by atoms with Gasteiger partial charge in [0.25, 0.3) is 5.91 Å². The Balaban J connectivity index is 1.83. The van der Waals surface area contributed by atoms with E-state index in [0.29, 0.717) is 5.69 Å². The quantitative estimate of drug-likeness (QED) is 0.785. The zero-order valence-corrected chi connectivity index (χ0v) is 15.3. The van der Waals surface area contributed by atoms with Crippen molar-refractivity contribution >= 4 is 46.7 Å². The maximum Gasteiger partial charge on any atom is 0.275 e. The number of aromatic nitrogens is 1. The van der Waals surface area contributed by atoms with E-state index in [0.717, 1.165) is 5.56 Å². The number of amides is 2. The number of anilines is 1. The van der Waals surface area contributed by atoms with Crippen molar-refractivity contribution in [3.63, 3.8) is 0 Å². The Kier molecular flexibility index (Phi) is 5.11. The van der Waals surface area contributed by atoms with Crippen LogP contribution in [0.4, 0.5) is 5.69 Å². The molecule has 1 aromatic carbocycles. The van der Waals surface area contributed by atoms with Crippen molar-refractivity contribution in [1.82, 2.24) is 9.88 Å². The number of aliphatic imine (C=N–C) groups is 1. The van der Waals surface area contributed by atoms with Gasteiger partial charge in [-0.25, -0.2) is 9.98 Å². The van der Waals surface area contributed by atoms with E-state index in [2.05, 4.69) is 15.3 Å². The van der Waals surface area contributed by atoms with Crippen LogP contribution in [0.2, 0.25) is 10.2 Å². The maximum atomic E-state index is 12.4. The zero-order chi connectivity index (χ0) is 18.8. The summed E-state index contributed by atoms with van der Waals surface area (Å²) in [5.41, 5.74) is 7.08. The minimum atomic E-state index is -0.489. The standard InChI is InChI=1S/C17H15Cl2N5O2/c1-24-14(25)8-12(22-17(24)20)9-3-2-4-10(7-9)21-16(26)15-11(18)5-6-13(19)23-15/h2-7,12H,8H2,1H3,(H2,20,22)(H,21,26). The van der Waals surface area contributed by atoms with E-state index in [-0.39, 0.29) is 34.2 Å². The van der Waals surface area contributed by atoms with Crippen molar-refractivity contribution in [2.45, 2.75) is 12.5 Å². The first-order chi connectivity index (χ1) is 12.3. The monoisotopic (exact) mass is 391 g/mol. The summed E-state index contributed by atoms with van der Waals surface area (Å²) < 4.78 is 0. The van der Waals surface area contributed by atoms with Crippen molar-refractivity contribution in [2.75, 3.05) is 12.4 Å². The molecule has 2 heterocycles. The number of nitrogens with two attached hydrogens (primary N) is 1. The summed E-state index contributed by atoms with van der Waals surface area (Å²) in [7, 11) is 1.58. The van der Waals surface area contributed by atoms with Gasteiger partial charge < -0.3 is 11.1 Å². The number of carbonyl (C=O) groups excluding carboxylic acids is 2. The van der Waals surface area contributed by atoms with Gasteiger partial charge in [-0.3, -0.25) is 14.5 Å². The van der Waals surface area contributed by atoms with Crippen LogP contribution < -0.4 is 11.1 Å². The van der Waals surface area contributed by atoms with Gasteiger partial charge in [-0.05, 0) is 29.8 Å². The molecule has 1 aliphatic heterocycles. The fourth-order valence-electron chi connectivity index (χ4n) is 2.51. The van der Waals surface area contributed by atoms with Gasteiger partial charge in [0, 0.05) is 12.7 Å². The predicted octanol–water partition coefficient (Wildman–Crippen LogP) is 2.86. The number of nitrogens with one attached hydrogen (secondary N) is 1. The second-order valence-electron chi connectivity index (χ2n) is 5.70. The molecular weight excluding hydrogens is 377 g/mol. The summed E-state index contributed by atoms with van der Waals surface area (Å²) in [6.07, 6.45) is 0.205. The molecule has 0 fully saturated rings. The molecule has 3 N–H and O–H groups in total. The van der Waals surface area contributed by atoms with Gasteiger partial charge in [0.15, 0.2) is 5.96 Å². The van der Waals surface area contributed by atoms with Crippen LogP contribution in [0.1, 0.15) is 28.5 Å². The summed E-state index contributed by atoms with van der Waals surface area (Å²) >= 11 is 11.8. The van der Waals surface area contributed by atoms with E-state index in [4.69, 9.17) is 28.9 Å². The summed E-state index contributed by atoms with van der Waals surface area (Å²) in [5, 5.41) is 3.08. The Labute approximate surface area is 159 Å². The van der Waals surface area contributed by atoms with E-state index in [1.54, 1.807) is 25.2 Å². The highest BCUT2D eigenvalue weighted by Crippen LogP contribution is 2.27. The van der Waals surface area contributed by atoms with Crippen LogP contribution in [0.15, 0.2) is 41.4 Å². The molecule has 0 saturated carbocycles. The molecule has 1 unspecified atom stereocenters. The number of hydrogen-bond donors (Lipinski definition) is 2. The fraction of sp³-hybridized carbons (Fsp3) is 0.176. The Bertz CT molecular complexity index is 916. The predicted molar refractivity (Wildman–Crippen MR) is 100 cm³/mol. The minimum Gasteiger partial charge on any atom is -0.369 e. The second kappa shape index (κ2) is 7.31. The fourth-order valence-corrected chi connectivity index (χ4v) is 2.84. The number of benzene rings is 1. The molecule has 0 bridgehead atoms. The van der Waals surface area contributed by atoms with E-state index in [9.17, 15) is 9.59 Å². The van der Waals surface area contributed by atoms with Crippen molar-refractivity contribution in [1.29, 1.82) is 0 Å². The average Bonchev–Trinajstić information content (AvgIpc) is 2.61.